The van der Waals surface area contributed by atoms with E-state index in [4.69, 9.17) is 5.11 Å². The molecule has 0 bridgehead atoms. The van der Waals surface area contributed by atoms with Crippen LogP contribution in [-0.2, 0) is 4.79 Å². The molecule has 0 atom stereocenters. The molecule has 6 heteroatoms. The molecular formula is C11H22N2O4. The van der Waals surface area contributed by atoms with Crippen LogP contribution in [0.1, 0.15) is 33.6 Å². The van der Waals surface area contributed by atoms with Gasteiger partial charge in [-0.1, -0.05) is 0 Å². The SMILES string of the molecule is CCN(CC(C)(C)O)C(=O)NCCCC(=O)O. The molecule has 0 rings (SSSR count). The van der Waals surface area contributed by atoms with E-state index in [0.717, 1.165) is 0 Å². The lowest BCUT2D eigenvalue weighted by Gasteiger charge is -2.28. The number of carbonyl (C=O) groups excluding carboxylic acids is 1. The zero-order chi connectivity index (χ0) is 13.5. The average Bonchev–Trinajstić information content (AvgIpc) is 2.19. The summed E-state index contributed by atoms with van der Waals surface area (Å²) in [4.78, 5) is 23.4. The summed E-state index contributed by atoms with van der Waals surface area (Å²) < 4.78 is 0. The molecule has 0 aromatic rings. The quantitative estimate of drug-likeness (QED) is 0.575. The number of hydrogen-bond donors (Lipinski definition) is 3. The van der Waals surface area contributed by atoms with Gasteiger partial charge in [-0.2, -0.15) is 0 Å². The smallest absolute Gasteiger partial charge is 0.317 e. The Hall–Kier alpha value is -1.30. The summed E-state index contributed by atoms with van der Waals surface area (Å²) in [5, 5.41) is 20.7. The van der Waals surface area contributed by atoms with Crippen molar-refractivity contribution in [1.82, 2.24) is 10.2 Å². The van der Waals surface area contributed by atoms with Gasteiger partial charge in [0.2, 0.25) is 0 Å². The van der Waals surface area contributed by atoms with Gasteiger partial charge in [0.15, 0.2) is 0 Å². The number of carboxylic acid groups (broad SMARTS) is 1. The van der Waals surface area contributed by atoms with Crippen LogP contribution in [0.2, 0.25) is 0 Å². The van der Waals surface area contributed by atoms with E-state index in [1.807, 2.05) is 6.92 Å². The van der Waals surface area contributed by atoms with Crippen molar-refractivity contribution in [2.45, 2.75) is 39.2 Å². The van der Waals surface area contributed by atoms with Gasteiger partial charge in [-0.25, -0.2) is 4.79 Å². The van der Waals surface area contributed by atoms with Crippen molar-refractivity contribution in [3.8, 4) is 0 Å². The van der Waals surface area contributed by atoms with Gasteiger partial charge >= 0.3 is 12.0 Å². The minimum atomic E-state index is -0.936. The van der Waals surface area contributed by atoms with Gasteiger partial charge in [0.05, 0.1) is 12.1 Å². The molecule has 6 nitrogen and oxygen atoms in total. The molecule has 0 aliphatic carbocycles. The van der Waals surface area contributed by atoms with Crippen LogP contribution in [-0.4, -0.2) is 52.3 Å². The fourth-order valence-electron chi connectivity index (χ4n) is 1.34. The highest BCUT2D eigenvalue weighted by Gasteiger charge is 2.20. The molecule has 0 heterocycles. The number of nitrogens with zero attached hydrogens (tertiary/aromatic N) is 1. The second kappa shape index (κ2) is 7.11. The molecule has 0 unspecified atom stereocenters. The van der Waals surface area contributed by atoms with Crippen molar-refractivity contribution in [1.29, 1.82) is 0 Å². The molecule has 0 spiro atoms. The molecule has 100 valence electrons. The summed E-state index contributed by atoms with van der Waals surface area (Å²) in [6, 6.07) is -0.278. The highest BCUT2D eigenvalue weighted by Crippen LogP contribution is 2.04. The molecule has 0 aliphatic heterocycles. The molecule has 0 aliphatic rings. The highest BCUT2D eigenvalue weighted by atomic mass is 16.4. The Bertz CT molecular complexity index is 261. The fraction of sp³-hybridized carbons (Fsp3) is 0.818. The normalized spacial score (nSPS) is 11.1. The van der Waals surface area contributed by atoms with E-state index < -0.39 is 11.6 Å². The van der Waals surface area contributed by atoms with Gasteiger partial charge < -0.3 is 20.4 Å². The van der Waals surface area contributed by atoms with Crippen molar-refractivity contribution in [3.05, 3.63) is 0 Å². The van der Waals surface area contributed by atoms with Gasteiger partial charge in [-0.3, -0.25) is 4.79 Å². The van der Waals surface area contributed by atoms with E-state index >= 15 is 0 Å². The predicted octanol–water partition coefficient (Wildman–Crippen LogP) is 0.654. The zero-order valence-electron chi connectivity index (χ0n) is 10.7. The van der Waals surface area contributed by atoms with Gasteiger partial charge in [0.1, 0.15) is 0 Å². The van der Waals surface area contributed by atoms with E-state index in [1.54, 1.807) is 13.8 Å². The first-order chi connectivity index (χ1) is 7.76. The van der Waals surface area contributed by atoms with Gasteiger partial charge in [0.25, 0.3) is 0 Å². The number of carboxylic acids is 1. The summed E-state index contributed by atoms with van der Waals surface area (Å²) in [7, 11) is 0. The Morgan fingerprint density at radius 1 is 1.35 bits per heavy atom. The number of hydrogen-bond acceptors (Lipinski definition) is 3. The van der Waals surface area contributed by atoms with Crippen molar-refractivity contribution < 1.29 is 19.8 Å². The van der Waals surface area contributed by atoms with Gasteiger partial charge in [0, 0.05) is 19.5 Å². The minimum Gasteiger partial charge on any atom is -0.481 e. The summed E-state index contributed by atoms with van der Waals surface area (Å²) in [5.74, 6) is -0.872. The summed E-state index contributed by atoms with van der Waals surface area (Å²) >= 11 is 0. The predicted molar refractivity (Wildman–Crippen MR) is 63.8 cm³/mol. The Kier molecular flexibility index (Phi) is 6.57. The first-order valence-corrected chi connectivity index (χ1v) is 5.73. The van der Waals surface area contributed by atoms with Crippen molar-refractivity contribution in [3.63, 3.8) is 0 Å². The van der Waals surface area contributed by atoms with Crippen LogP contribution in [0, 0.1) is 0 Å². The Morgan fingerprint density at radius 2 is 1.94 bits per heavy atom. The standard InChI is InChI=1S/C11H22N2O4/c1-4-13(8-11(2,3)17)10(16)12-7-5-6-9(14)15/h17H,4-8H2,1-3H3,(H,12,16)(H,14,15). The number of urea groups is 1. The van der Waals surface area contributed by atoms with Crippen LogP contribution in [0.4, 0.5) is 4.79 Å². The maximum atomic E-state index is 11.7. The number of amides is 2. The monoisotopic (exact) mass is 246 g/mol. The third-order valence-corrected chi connectivity index (χ3v) is 2.09. The Morgan fingerprint density at radius 3 is 2.35 bits per heavy atom. The van der Waals surface area contributed by atoms with Crippen LogP contribution in [0.5, 0.6) is 0 Å². The van der Waals surface area contributed by atoms with Crippen molar-refractivity contribution in [2.24, 2.45) is 0 Å². The number of likely N-dealkylation sites (N-methyl/N-ethyl adjacent to an activating group) is 1. The third-order valence-electron chi connectivity index (χ3n) is 2.09. The van der Waals surface area contributed by atoms with Crippen LogP contribution in [0.15, 0.2) is 0 Å². The number of aliphatic carboxylic acids is 1. The molecule has 0 aromatic heterocycles. The molecule has 0 saturated carbocycles. The molecular weight excluding hydrogens is 224 g/mol. The first kappa shape index (κ1) is 15.7. The highest BCUT2D eigenvalue weighted by molar-refractivity contribution is 5.74. The van der Waals surface area contributed by atoms with Gasteiger partial charge in [-0.15, -0.1) is 0 Å². The summed E-state index contributed by atoms with van der Waals surface area (Å²) in [5.41, 5.74) is -0.936. The second-order valence-corrected chi connectivity index (χ2v) is 4.56. The molecule has 0 fully saturated rings. The molecule has 3 N–H and O–H groups in total. The topological polar surface area (TPSA) is 89.9 Å². The van der Waals surface area contributed by atoms with E-state index in [1.165, 1.54) is 4.90 Å². The van der Waals surface area contributed by atoms with Crippen LogP contribution in [0.25, 0.3) is 0 Å². The van der Waals surface area contributed by atoms with Gasteiger partial charge in [-0.05, 0) is 27.2 Å². The number of aliphatic hydroxyl groups is 1. The zero-order valence-corrected chi connectivity index (χ0v) is 10.7. The van der Waals surface area contributed by atoms with Crippen molar-refractivity contribution in [2.75, 3.05) is 19.6 Å². The summed E-state index contributed by atoms with van der Waals surface area (Å²) in [6.07, 6.45) is 0.443. The van der Waals surface area contributed by atoms with E-state index in [9.17, 15) is 14.7 Å². The Balaban J connectivity index is 3.97. The molecule has 0 radical (unpaired) electrons. The van der Waals surface area contributed by atoms with E-state index in [2.05, 4.69) is 5.32 Å². The lowest BCUT2D eigenvalue weighted by Crippen LogP contribution is -2.47. The van der Waals surface area contributed by atoms with Crippen LogP contribution in [0.3, 0.4) is 0 Å². The third kappa shape index (κ3) is 8.50. The van der Waals surface area contributed by atoms with E-state index in [0.29, 0.717) is 19.5 Å². The van der Waals surface area contributed by atoms with Crippen LogP contribution < -0.4 is 5.32 Å². The summed E-state index contributed by atoms with van der Waals surface area (Å²) in [6.45, 7) is 6.15. The van der Waals surface area contributed by atoms with Crippen LogP contribution >= 0.6 is 0 Å². The second-order valence-electron chi connectivity index (χ2n) is 4.56. The molecule has 0 saturated heterocycles. The first-order valence-electron chi connectivity index (χ1n) is 5.73. The largest absolute Gasteiger partial charge is 0.481 e. The number of nitrogens with one attached hydrogen (secondary N) is 1. The molecule has 2 amide bonds. The maximum Gasteiger partial charge on any atom is 0.317 e. The van der Waals surface area contributed by atoms with Crippen molar-refractivity contribution >= 4 is 12.0 Å². The average molecular weight is 246 g/mol. The number of rotatable bonds is 7. The lowest BCUT2D eigenvalue weighted by atomic mass is 10.1. The van der Waals surface area contributed by atoms with E-state index in [-0.39, 0.29) is 19.0 Å². The minimum absolute atomic E-state index is 0.0396. The molecule has 17 heavy (non-hydrogen) atoms. The lowest BCUT2D eigenvalue weighted by molar-refractivity contribution is -0.137. The maximum absolute atomic E-state index is 11.7. The Labute approximate surface area is 102 Å². The fourth-order valence-corrected chi connectivity index (χ4v) is 1.34. The number of carbonyl (C=O) groups is 2. The molecule has 0 aromatic carbocycles.